The second kappa shape index (κ2) is 6.27. The smallest absolute Gasteiger partial charge is 0.0444 e. The molecule has 1 aromatic carbocycles. The molecule has 0 saturated carbocycles. The molecule has 0 amide bonds. The van der Waals surface area contributed by atoms with Crippen molar-refractivity contribution in [1.29, 1.82) is 0 Å². The molecule has 0 fully saturated rings. The van der Waals surface area contributed by atoms with Gasteiger partial charge >= 0.3 is 0 Å². The largest absolute Gasteiger partial charge is 0.0918 e. The lowest BCUT2D eigenvalue weighted by atomic mass is 9.80. The number of rotatable bonds is 5. The van der Waals surface area contributed by atoms with Crippen LogP contribution in [0.3, 0.4) is 0 Å². The van der Waals surface area contributed by atoms with E-state index in [-0.39, 0.29) is 5.41 Å². The summed E-state index contributed by atoms with van der Waals surface area (Å²) in [6.07, 6.45) is 2.29. The first-order chi connectivity index (χ1) is 7.20. The fourth-order valence-electron chi connectivity index (χ4n) is 1.82. The fraction of sp³-hybridized carbons (Fsp3) is 0.500. The molecule has 0 spiro atoms. The van der Waals surface area contributed by atoms with E-state index in [1.54, 1.807) is 0 Å². The Morgan fingerprint density at radius 3 is 2.27 bits per heavy atom. The van der Waals surface area contributed by atoms with Crippen LogP contribution in [-0.2, 0) is 5.41 Å². The zero-order chi connectivity index (χ0) is 11.3. The lowest BCUT2D eigenvalue weighted by Crippen LogP contribution is -2.30. The SMILES string of the molecule is CCCC(CBr)(CBr)c1ccccc1Cl. The predicted molar refractivity (Wildman–Crippen MR) is 75.6 cm³/mol. The molecule has 0 atom stereocenters. The van der Waals surface area contributed by atoms with Crippen LogP contribution in [0.25, 0.3) is 0 Å². The number of alkyl halides is 2. The summed E-state index contributed by atoms with van der Waals surface area (Å²) in [5, 5.41) is 2.73. The highest BCUT2D eigenvalue weighted by Crippen LogP contribution is 2.37. The Balaban J connectivity index is 3.13. The van der Waals surface area contributed by atoms with Crippen LogP contribution >= 0.6 is 43.5 Å². The standard InChI is InChI=1S/C12H15Br2Cl/c1-2-7-12(8-13,9-14)10-5-3-4-6-11(10)15/h3-6H,2,7-9H2,1H3. The fourth-order valence-corrected chi connectivity index (χ4v) is 4.25. The second-order valence-corrected chi connectivity index (χ2v) is 5.31. The van der Waals surface area contributed by atoms with Gasteiger partial charge in [0.25, 0.3) is 0 Å². The summed E-state index contributed by atoms with van der Waals surface area (Å²) in [7, 11) is 0. The average molecular weight is 355 g/mol. The maximum absolute atomic E-state index is 6.26. The number of halogens is 3. The van der Waals surface area contributed by atoms with Crippen molar-refractivity contribution in [2.24, 2.45) is 0 Å². The topological polar surface area (TPSA) is 0 Å². The van der Waals surface area contributed by atoms with E-state index in [4.69, 9.17) is 11.6 Å². The van der Waals surface area contributed by atoms with Crippen LogP contribution in [0, 0.1) is 0 Å². The molecule has 0 radical (unpaired) electrons. The van der Waals surface area contributed by atoms with Gasteiger partial charge in [-0.3, -0.25) is 0 Å². The summed E-state index contributed by atoms with van der Waals surface area (Å²) in [4.78, 5) is 0. The maximum atomic E-state index is 6.26. The molecule has 0 aliphatic heterocycles. The highest BCUT2D eigenvalue weighted by molar-refractivity contribution is 9.09. The van der Waals surface area contributed by atoms with Gasteiger partial charge in [-0.25, -0.2) is 0 Å². The van der Waals surface area contributed by atoms with Crippen molar-refractivity contribution in [1.82, 2.24) is 0 Å². The van der Waals surface area contributed by atoms with Gasteiger partial charge in [0.05, 0.1) is 0 Å². The summed E-state index contributed by atoms with van der Waals surface area (Å²) in [5.41, 5.74) is 1.36. The third-order valence-electron chi connectivity index (χ3n) is 2.69. The van der Waals surface area contributed by atoms with Gasteiger partial charge in [-0.1, -0.05) is 75.0 Å². The lowest BCUT2D eigenvalue weighted by Gasteiger charge is -2.31. The molecule has 0 bridgehead atoms. The third kappa shape index (κ3) is 2.98. The van der Waals surface area contributed by atoms with Crippen molar-refractivity contribution < 1.29 is 0 Å². The number of hydrogen-bond acceptors (Lipinski definition) is 0. The van der Waals surface area contributed by atoms with Gasteiger partial charge in [0.1, 0.15) is 0 Å². The summed E-state index contributed by atoms with van der Waals surface area (Å²) in [6.45, 7) is 2.21. The summed E-state index contributed by atoms with van der Waals surface area (Å²) in [6, 6.07) is 8.12. The summed E-state index contributed by atoms with van der Waals surface area (Å²) >= 11 is 13.5. The Kier molecular flexibility index (Phi) is 5.65. The Labute approximate surface area is 114 Å². The summed E-state index contributed by atoms with van der Waals surface area (Å²) in [5.74, 6) is 0. The maximum Gasteiger partial charge on any atom is 0.0444 e. The van der Waals surface area contributed by atoms with E-state index in [1.165, 1.54) is 5.56 Å². The van der Waals surface area contributed by atoms with E-state index in [9.17, 15) is 0 Å². The first kappa shape index (κ1) is 13.5. The molecule has 1 aromatic rings. The molecule has 0 N–H and O–H groups in total. The van der Waals surface area contributed by atoms with Gasteiger partial charge < -0.3 is 0 Å². The summed E-state index contributed by atoms with van der Waals surface area (Å²) < 4.78 is 0. The second-order valence-electron chi connectivity index (χ2n) is 3.78. The normalized spacial score (nSPS) is 11.7. The molecule has 0 heterocycles. The van der Waals surface area contributed by atoms with Crippen molar-refractivity contribution in [2.45, 2.75) is 25.2 Å². The molecule has 15 heavy (non-hydrogen) atoms. The molecule has 0 saturated heterocycles. The van der Waals surface area contributed by atoms with E-state index < -0.39 is 0 Å². The Bertz CT molecular complexity index is 308. The number of benzene rings is 1. The zero-order valence-corrected chi connectivity index (χ0v) is 12.7. The molecule has 0 unspecified atom stereocenters. The third-order valence-corrected chi connectivity index (χ3v) is 5.16. The Morgan fingerprint density at radius 2 is 1.80 bits per heavy atom. The lowest BCUT2D eigenvalue weighted by molar-refractivity contribution is 0.497. The van der Waals surface area contributed by atoms with E-state index in [0.717, 1.165) is 28.5 Å². The number of hydrogen-bond donors (Lipinski definition) is 0. The van der Waals surface area contributed by atoms with Crippen molar-refractivity contribution in [3.63, 3.8) is 0 Å². The molecule has 1 rings (SSSR count). The minimum atomic E-state index is 0.118. The van der Waals surface area contributed by atoms with Crippen LogP contribution < -0.4 is 0 Å². The monoisotopic (exact) mass is 352 g/mol. The first-order valence-corrected chi connectivity index (χ1v) is 7.69. The van der Waals surface area contributed by atoms with Gasteiger partial charge in [-0.05, 0) is 18.1 Å². The van der Waals surface area contributed by atoms with E-state index >= 15 is 0 Å². The van der Waals surface area contributed by atoms with Gasteiger partial charge in [0.15, 0.2) is 0 Å². The van der Waals surface area contributed by atoms with Crippen LogP contribution in [0.15, 0.2) is 24.3 Å². The minimum Gasteiger partial charge on any atom is -0.0918 e. The molecule has 0 nitrogen and oxygen atoms in total. The molecular weight excluding hydrogens is 339 g/mol. The van der Waals surface area contributed by atoms with Crippen LogP contribution in [0.5, 0.6) is 0 Å². The van der Waals surface area contributed by atoms with E-state index in [0.29, 0.717) is 0 Å². The predicted octanol–water partition coefficient (Wildman–Crippen LogP) is 5.17. The molecule has 0 aliphatic rings. The van der Waals surface area contributed by atoms with Crippen LogP contribution in [0.4, 0.5) is 0 Å². The van der Waals surface area contributed by atoms with Gasteiger partial charge in [0, 0.05) is 21.1 Å². The quantitative estimate of drug-likeness (QED) is 0.640. The van der Waals surface area contributed by atoms with Gasteiger partial charge in [-0.15, -0.1) is 0 Å². The molecule has 0 aliphatic carbocycles. The Morgan fingerprint density at radius 1 is 1.20 bits per heavy atom. The van der Waals surface area contributed by atoms with Crippen LogP contribution in [0.2, 0.25) is 5.02 Å². The van der Waals surface area contributed by atoms with Crippen LogP contribution in [0.1, 0.15) is 25.3 Å². The van der Waals surface area contributed by atoms with E-state index in [2.05, 4.69) is 50.9 Å². The zero-order valence-electron chi connectivity index (χ0n) is 8.77. The van der Waals surface area contributed by atoms with Crippen LogP contribution in [-0.4, -0.2) is 10.7 Å². The first-order valence-electron chi connectivity index (χ1n) is 5.07. The minimum absolute atomic E-state index is 0.118. The van der Waals surface area contributed by atoms with Crippen molar-refractivity contribution in [3.8, 4) is 0 Å². The van der Waals surface area contributed by atoms with Crippen molar-refractivity contribution in [2.75, 3.05) is 10.7 Å². The average Bonchev–Trinajstić information content (AvgIpc) is 2.27. The Hall–Kier alpha value is 0.470. The van der Waals surface area contributed by atoms with E-state index in [1.807, 2.05) is 12.1 Å². The highest BCUT2D eigenvalue weighted by Gasteiger charge is 2.30. The van der Waals surface area contributed by atoms with Gasteiger partial charge in [-0.2, -0.15) is 0 Å². The van der Waals surface area contributed by atoms with Gasteiger partial charge in [0.2, 0.25) is 0 Å². The molecule has 84 valence electrons. The molecule has 0 aromatic heterocycles. The van der Waals surface area contributed by atoms with Crippen molar-refractivity contribution in [3.05, 3.63) is 34.9 Å². The molecular formula is C12H15Br2Cl. The molecule has 3 heteroatoms. The highest BCUT2D eigenvalue weighted by atomic mass is 79.9. The van der Waals surface area contributed by atoms with Crippen molar-refractivity contribution >= 4 is 43.5 Å².